The molecule has 2 unspecified atom stereocenters. The quantitative estimate of drug-likeness (QED) is 0.786. The van der Waals surface area contributed by atoms with Crippen molar-refractivity contribution in [1.82, 2.24) is 9.97 Å². The molecule has 2 rings (SSSR count). The fraction of sp³-hybridized carbons (Fsp3) is 0.692. The van der Waals surface area contributed by atoms with Gasteiger partial charge in [-0.3, -0.25) is 0 Å². The summed E-state index contributed by atoms with van der Waals surface area (Å²) in [6.07, 6.45) is 6.21. The lowest BCUT2D eigenvalue weighted by Crippen LogP contribution is -2.15. The number of aromatic nitrogens is 2. The minimum Gasteiger partial charge on any atom is -0.347 e. The maximum Gasteiger partial charge on any atom is 0.129 e. The first-order valence-electron chi connectivity index (χ1n) is 6.29. The Balaban J connectivity index is 2.25. The van der Waals surface area contributed by atoms with E-state index >= 15 is 0 Å². The molecule has 1 N–H and O–H groups in total. The van der Waals surface area contributed by atoms with E-state index in [0.29, 0.717) is 5.92 Å². The van der Waals surface area contributed by atoms with Gasteiger partial charge in [0.15, 0.2) is 0 Å². The van der Waals surface area contributed by atoms with Gasteiger partial charge >= 0.3 is 0 Å². The van der Waals surface area contributed by atoms with Crippen LogP contribution >= 0.6 is 12.2 Å². The van der Waals surface area contributed by atoms with E-state index in [1.54, 1.807) is 0 Å². The SMILES string of the molecule is CCc1cc(=S)nc(C2CCCC(C)C2)[nH]1. The van der Waals surface area contributed by atoms with Gasteiger partial charge in [-0.1, -0.05) is 38.9 Å². The summed E-state index contributed by atoms with van der Waals surface area (Å²) in [7, 11) is 0. The molecule has 88 valence electrons. The molecule has 1 aromatic rings. The summed E-state index contributed by atoms with van der Waals surface area (Å²) in [5, 5.41) is 0. The summed E-state index contributed by atoms with van der Waals surface area (Å²) in [5.74, 6) is 2.54. The standard InChI is InChI=1S/C13H20N2S/c1-3-11-8-12(16)15-13(14-11)10-6-4-5-9(2)7-10/h8-10H,3-7H2,1-2H3,(H,14,15,16). The molecule has 1 aromatic heterocycles. The molecule has 1 fully saturated rings. The first-order valence-corrected chi connectivity index (χ1v) is 6.70. The van der Waals surface area contributed by atoms with E-state index in [1.165, 1.54) is 31.4 Å². The molecule has 0 aliphatic heterocycles. The minimum atomic E-state index is 0.594. The molecule has 1 aliphatic carbocycles. The monoisotopic (exact) mass is 236 g/mol. The zero-order valence-corrected chi connectivity index (χ0v) is 10.9. The normalized spacial score (nSPS) is 25.6. The van der Waals surface area contributed by atoms with Gasteiger partial charge in [-0.15, -0.1) is 0 Å². The van der Waals surface area contributed by atoms with Gasteiger partial charge < -0.3 is 4.98 Å². The first kappa shape index (κ1) is 11.8. The second-order valence-corrected chi connectivity index (χ2v) is 5.37. The van der Waals surface area contributed by atoms with Crippen LogP contribution in [0.25, 0.3) is 0 Å². The molecule has 0 spiro atoms. The average molecular weight is 236 g/mol. The summed E-state index contributed by atoms with van der Waals surface area (Å²) >= 11 is 5.22. The Kier molecular flexibility index (Phi) is 3.74. The van der Waals surface area contributed by atoms with Crippen LogP contribution in [0.2, 0.25) is 0 Å². The van der Waals surface area contributed by atoms with Gasteiger partial charge in [0.25, 0.3) is 0 Å². The predicted molar refractivity (Wildman–Crippen MR) is 69.2 cm³/mol. The third-order valence-corrected chi connectivity index (χ3v) is 3.73. The molecule has 3 heteroatoms. The van der Waals surface area contributed by atoms with E-state index in [1.807, 2.05) is 6.07 Å². The molecule has 1 saturated carbocycles. The Morgan fingerprint density at radius 2 is 2.31 bits per heavy atom. The van der Waals surface area contributed by atoms with Gasteiger partial charge in [0.05, 0.1) is 0 Å². The van der Waals surface area contributed by atoms with Crippen molar-refractivity contribution >= 4 is 12.2 Å². The van der Waals surface area contributed by atoms with Gasteiger partial charge in [-0.2, -0.15) is 0 Å². The largest absolute Gasteiger partial charge is 0.347 e. The van der Waals surface area contributed by atoms with E-state index < -0.39 is 0 Å². The third-order valence-electron chi connectivity index (χ3n) is 3.52. The van der Waals surface area contributed by atoms with Crippen LogP contribution in [-0.4, -0.2) is 9.97 Å². The maximum absolute atomic E-state index is 5.22. The van der Waals surface area contributed by atoms with Crippen molar-refractivity contribution in [2.24, 2.45) is 5.92 Å². The topological polar surface area (TPSA) is 28.7 Å². The molecule has 1 heterocycles. The van der Waals surface area contributed by atoms with E-state index in [0.717, 1.165) is 22.8 Å². The Morgan fingerprint density at radius 3 is 3.00 bits per heavy atom. The van der Waals surface area contributed by atoms with E-state index in [2.05, 4.69) is 23.8 Å². The molecule has 0 aromatic carbocycles. The molecule has 1 aliphatic rings. The fourth-order valence-corrected chi connectivity index (χ4v) is 2.84. The van der Waals surface area contributed by atoms with E-state index in [-0.39, 0.29) is 0 Å². The average Bonchev–Trinajstić information content (AvgIpc) is 2.28. The zero-order valence-electron chi connectivity index (χ0n) is 10.1. The molecule has 0 saturated heterocycles. The molecule has 16 heavy (non-hydrogen) atoms. The second-order valence-electron chi connectivity index (χ2n) is 4.95. The summed E-state index contributed by atoms with van der Waals surface area (Å²) in [4.78, 5) is 7.95. The molecular formula is C13H20N2S. The molecule has 0 radical (unpaired) electrons. The number of hydrogen-bond donors (Lipinski definition) is 1. The molecular weight excluding hydrogens is 216 g/mol. The molecule has 2 atom stereocenters. The Morgan fingerprint density at radius 1 is 1.50 bits per heavy atom. The molecule has 0 bridgehead atoms. The van der Waals surface area contributed by atoms with Crippen molar-refractivity contribution in [3.05, 3.63) is 22.2 Å². The molecule has 2 nitrogen and oxygen atoms in total. The minimum absolute atomic E-state index is 0.594. The number of nitrogens with one attached hydrogen (secondary N) is 1. The van der Waals surface area contributed by atoms with Crippen LogP contribution in [0.3, 0.4) is 0 Å². The lowest BCUT2D eigenvalue weighted by atomic mass is 9.82. The predicted octanol–water partition coefficient (Wildman–Crippen LogP) is 4.00. The van der Waals surface area contributed by atoms with Crippen molar-refractivity contribution in [2.75, 3.05) is 0 Å². The van der Waals surface area contributed by atoms with Crippen molar-refractivity contribution in [2.45, 2.75) is 51.9 Å². The highest BCUT2D eigenvalue weighted by molar-refractivity contribution is 7.71. The van der Waals surface area contributed by atoms with Gasteiger partial charge in [-0.25, -0.2) is 4.98 Å². The zero-order chi connectivity index (χ0) is 11.5. The Labute approximate surface area is 103 Å². The van der Waals surface area contributed by atoms with Gasteiger partial charge in [0.2, 0.25) is 0 Å². The number of aromatic amines is 1. The van der Waals surface area contributed by atoms with Crippen LogP contribution in [0.1, 0.15) is 57.0 Å². The number of rotatable bonds is 2. The second kappa shape index (κ2) is 5.09. The molecule has 0 amide bonds. The highest BCUT2D eigenvalue weighted by Gasteiger charge is 2.22. The Bertz CT molecular complexity index is 411. The lowest BCUT2D eigenvalue weighted by molar-refractivity contribution is 0.334. The van der Waals surface area contributed by atoms with E-state index in [4.69, 9.17) is 12.2 Å². The maximum atomic E-state index is 5.22. The Hall–Kier alpha value is -0.700. The van der Waals surface area contributed by atoms with Crippen molar-refractivity contribution in [1.29, 1.82) is 0 Å². The van der Waals surface area contributed by atoms with Crippen LogP contribution in [0.5, 0.6) is 0 Å². The first-order chi connectivity index (χ1) is 7.69. The van der Waals surface area contributed by atoms with Crippen molar-refractivity contribution in [3.8, 4) is 0 Å². The van der Waals surface area contributed by atoms with Crippen LogP contribution in [0.15, 0.2) is 6.07 Å². The number of aryl methyl sites for hydroxylation is 1. The van der Waals surface area contributed by atoms with Gasteiger partial charge in [0.1, 0.15) is 10.5 Å². The highest BCUT2D eigenvalue weighted by Crippen LogP contribution is 2.34. The lowest BCUT2D eigenvalue weighted by Gasteiger charge is -2.26. The van der Waals surface area contributed by atoms with Crippen LogP contribution in [-0.2, 0) is 6.42 Å². The van der Waals surface area contributed by atoms with Crippen LogP contribution < -0.4 is 0 Å². The van der Waals surface area contributed by atoms with Crippen molar-refractivity contribution in [3.63, 3.8) is 0 Å². The number of nitrogens with zero attached hydrogens (tertiary/aromatic N) is 1. The summed E-state index contributed by atoms with van der Waals surface area (Å²) < 4.78 is 0.740. The third kappa shape index (κ3) is 2.70. The smallest absolute Gasteiger partial charge is 0.129 e. The highest BCUT2D eigenvalue weighted by atomic mass is 32.1. The summed E-state index contributed by atoms with van der Waals surface area (Å²) in [5.41, 5.74) is 1.22. The van der Waals surface area contributed by atoms with Crippen LogP contribution in [0.4, 0.5) is 0 Å². The van der Waals surface area contributed by atoms with E-state index in [9.17, 15) is 0 Å². The van der Waals surface area contributed by atoms with Crippen LogP contribution in [0, 0.1) is 10.6 Å². The number of H-pyrrole nitrogens is 1. The van der Waals surface area contributed by atoms with Gasteiger partial charge in [0, 0.05) is 11.6 Å². The van der Waals surface area contributed by atoms with Gasteiger partial charge in [-0.05, 0) is 31.2 Å². The fourth-order valence-electron chi connectivity index (χ4n) is 2.59. The number of hydrogen-bond acceptors (Lipinski definition) is 2. The summed E-state index contributed by atoms with van der Waals surface area (Å²) in [6, 6.07) is 1.98. The summed E-state index contributed by atoms with van der Waals surface area (Å²) in [6.45, 7) is 4.48. The van der Waals surface area contributed by atoms with Crippen molar-refractivity contribution < 1.29 is 0 Å².